The van der Waals surface area contributed by atoms with Gasteiger partial charge in [-0.15, -0.1) is 0 Å². The smallest absolute Gasteiger partial charge is 0.218 e. The topological polar surface area (TPSA) is 69.1 Å². The Labute approximate surface area is 90.5 Å². The van der Waals surface area contributed by atoms with Crippen molar-refractivity contribution in [1.29, 1.82) is 0 Å². The van der Waals surface area contributed by atoms with Crippen LogP contribution in [0, 0.1) is 6.92 Å². The molecule has 3 heteroatoms. The van der Waals surface area contributed by atoms with Gasteiger partial charge in [0, 0.05) is 12.5 Å². The molecule has 1 unspecified atom stereocenters. The quantitative estimate of drug-likeness (QED) is 0.758. The Morgan fingerprint density at radius 1 is 1.47 bits per heavy atom. The fourth-order valence-electron chi connectivity index (χ4n) is 1.58. The lowest BCUT2D eigenvalue weighted by Gasteiger charge is -2.09. The van der Waals surface area contributed by atoms with Gasteiger partial charge in [-0.1, -0.05) is 29.8 Å². The lowest BCUT2D eigenvalue weighted by atomic mass is 10.0. The van der Waals surface area contributed by atoms with E-state index in [1.165, 1.54) is 11.1 Å². The van der Waals surface area contributed by atoms with Gasteiger partial charge < -0.3 is 11.5 Å². The molecule has 1 aromatic carbocycles. The largest absolute Gasteiger partial charge is 0.370 e. The molecule has 15 heavy (non-hydrogen) atoms. The van der Waals surface area contributed by atoms with Crippen LogP contribution in [0.3, 0.4) is 0 Å². The molecule has 0 saturated heterocycles. The molecular weight excluding hydrogens is 188 g/mol. The summed E-state index contributed by atoms with van der Waals surface area (Å²) in [6.45, 7) is 2.06. The minimum atomic E-state index is -0.327. The zero-order valence-electron chi connectivity index (χ0n) is 9.07. The molecule has 0 aromatic heterocycles. The number of hydrogen-bond donors (Lipinski definition) is 2. The number of benzene rings is 1. The van der Waals surface area contributed by atoms with Crippen LogP contribution in [0.2, 0.25) is 0 Å². The Hall–Kier alpha value is -1.35. The van der Waals surface area contributed by atoms with E-state index < -0.39 is 0 Å². The van der Waals surface area contributed by atoms with Gasteiger partial charge in [-0.25, -0.2) is 0 Å². The highest BCUT2D eigenvalue weighted by atomic mass is 16.1. The molecule has 1 atom stereocenters. The first-order chi connectivity index (χ1) is 7.08. The van der Waals surface area contributed by atoms with Gasteiger partial charge in [0.05, 0.1) is 0 Å². The van der Waals surface area contributed by atoms with Crippen molar-refractivity contribution >= 4 is 5.91 Å². The molecule has 1 rings (SSSR count). The standard InChI is InChI=1S/C12H18N2O/c1-9-3-2-4-10(7-9)5-6-11(13)8-12(14)15/h2-4,7,11H,5-6,8,13H2,1H3,(H2,14,15). The predicted octanol–water partition coefficient (Wildman–Crippen LogP) is 1.13. The summed E-state index contributed by atoms with van der Waals surface area (Å²) in [7, 11) is 0. The van der Waals surface area contributed by atoms with Gasteiger partial charge in [0.1, 0.15) is 0 Å². The van der Waals surface area contributed by atoms with Crippen LogP contribution in [0.5, 0.6) is 0 Å². The number of aryl methyl sites for hydroxylation is 2. The summed E-state index contributed by atoms with van der Waals surface area (Å²) in [5.41, 5.74) is 13.3. The van der Waals surface area contributed by atoms with Gasteiger partial charge in [0.2, 0.25) is 5.91 Å². The molecule has 1 amide bonds. The Kier molecular flexibility index (Phi) is 4.31. The molecule has 0 spiro atoms. The van der Waals surface area contributed by atoms with Gasteiger partial charge >= 0.3 is 0 Å². The Balaban J connectivity index is 2.40. The predicted molar refractivity (Wildman–Crippen MR) is 61.3 cm³/mol. The maximum Gasteiger partial charge on any atom is 0.218 e. The average Bonchev–Trinajstić information content (AvgIpc) is 2.14. The van der Waals surface area contributed by atoms with Gasteiger partial charge in [0.15, 0.2) is 0 Å². The normalized spacial score (nSPS) is 12.4. The van der Waals surface area contributed by atoms with Crippen LogP contribution in [0.4, 0.5) is 0 Å². The fraction of sp³-hybridized carbons (Fsp3) is 0.417. The second-order valence-electron chi connectivity index (χ2n) is 3.96. The number of rotatable bonds is 5. The van der Waals surface area contributed by atoms with Crippen LogP contribution in [-0.2, 0) is 11.2 Å². The van der Waals surface area contributed by atoms with Crippen LogP contribution < -0.4 is 11.5 Å². The molecule has 0 aliphatic carbocycles. The minimum absolute atomic E-state index is 0.122. The van der Waals surface area contributed by atoms with Crippen LogP contribution in [0.1, 0.15) is 24.0 Å². The highest BCUT2D eigenvalue weighted by molar-refractivity contribution is 5.74. The van der Waals surface area contributed by atoms with Crippen LogP contribution in [0.15, 0.2) is 24.3 Å². The SMILES string of the molecule is Cc1cccc(CCC(N)CC(N)=O)c1. The van der Waals surface area contributed by atoms with E-state index in [-0.39, 0.29) is 18.4 Å². The van der Waals surface area contributed by atoms with Crippen molar-refractivity contribution in [3.8, 4) is 0 Å². The number of hydrogen-bond acceptors (Lipinski definition) is 2. The van der Waals surface area contributed by atoms with E-state index in [2.05, 4.69) is 25.1 Å². The Morgan fingerprint density at radius 3 is 2.80 bits per heavy atom. The van der Waals surface area contributed by atoms with E-state index in [1.54, 1.807) is 0 Å². The van der Waals surface area contributed by atoms with E-state index in [4.69, 9.17) is 11.5 Å². The summed E-state index contributed by atoms with van der Waals surface area (Å²) in [6, 6.07) is 8.18. The maximum absolute atomic E-state index is 10.6. The zero-order valence-corrected chi connectivity index (χ0v) is 9.07. The molecule has 0 heterocycles. The molecule has 1 aromatic rings. The molecule has 0 fully saturated rings. The highest BCUT2D eigenvalue weighted by Crippen LogP contribution is 2.08. The number of primary amides is 1. The van der Waals surface area contributed by atoms with Crippen LogP contribution in [-0.4, -0.2) is 11.9 Å². The van der Waals surface area contributed by atoms with Gasteiger partial charge in [-0.3, -0.25) is 4.79 Å². The van der Waals surface area contributed by atoms with E-state index in [0.717, 1.165) is 12.8 Å². The number of carbonyl (C=O) groups excluding carboxylic acids is 1. The second-order valence-corrected chi connectivity index (χ2v) is 3.96. The van der Waals surface area contributed by atoms with E-state index in [1.807, 2.05) is 6.07 Å². The van der Waals surface area contributed by atoms with E-state index in [0.29, 0.717) is 0 Å². The number of nitrogens with two attached hydrogens (primary N) is 2. The number of amides is 1. The molecule has 0 bridgehead atoms. The van der Waals surface area contributed by atoms with Crippen molar-refractivity contribution in [2.75, 3.05) is 0 Å². The van der Waals surface area contributed by atoms with Crippen LogP contribution >= 0.6 is 0 Å². The van der Waals surface area contributed by atoms with Gasteiger partial charge in [0.25, 0.3) is 0 Å². The van der Waals surface area contributed by atoms with Gasteiger partial charge in [-0.2, -0.15) is 0 Å². The van der Waals surface area contributed by atoms with Crippen molar-refractivity contribution < 1.29 is 4.79 Å². The molecule has 0 aliphatic rings. The third-order valence-corrected chi connectivity index (χ3v) is 2.35. The molecule has 3 nitrogen and oxygen atoms in total. The first kappa shape index (κ1) is 11.7. The van der Waals surface area contributed by atoms with Crippen LogP contribution in [0.25, 0.3) is 0 Å². The Bertz CT molecular complexity index is 336. The summed E-state index contributed by atoms with van der Waals surface area (Å²) in [6.07, 6.45) is 1.97. The number of carbonyl (C=O) groups is 1. The first-order valence-electron chi connectivity index (χ1n) is 5.17. The highest BCUT2D eigenvalue weighted by Gasteiger charge is 2.06. The average molecular weight is 206 g/mol. The maximum atomic E-state index is 10.6. The second kappa shape index (κ2) is 5.51. The summed E-state index contributed by atoms with van der Waals surface area (Å²) < 4.78 is 0. The third-order valence-electron chi connectivity index (χ3n) is 2.35. The summed E-state index contributed by atoms with van der Waals surface area (Å²) in [5.74, 6) is -0.327. The lowest BCUT2D eigenvalue weighted by Crippen LogP contribution is -2.27. The Morgan fingerprint density at radius 2 is 2.20 bits per heavy atom. The molecule has 0 aliphatic heterocycles. The van der Waals surface area contributed by atoms with Gasteiger partial charge in [-0.05, 0) is 25.3 Å². The summed E-state index contributed by atoms with van der Waals surface area (Å²) in [5, 5.41) is 0. The van der Waals surface area contributed by atoms with Crippen molar-refractivity contribution in [1.82, 2.24) is 0 Å². The molecule has 82 valence electrons. The third kappa shape index (κ3) is 4.61. The van der Waals surface area contributed by atoms with Crippen molar-refractivity contribution in [2.24, 2.45) is 11.5 Å². The molecular formula is C12H18N2O. The monoisotopic (exact) mass is 206 g/mol. The molecule has 4 N–H and O–H groups in total. The van der Waals surface area contributed by atoms with E-state index >= 15 is 0 Å². The molecule has 0 radical (unpaired) electrons. The first-order valence-corrected chi connectivity index (χ1v) is 5.17. The summed E-state index contributed by atoms with van der Waals surface area (Å²) in [4.78, 5) is 10.6. The summed E-state index contributed by atoms with van der Waals surface area (Å²) >= 11 is 0. The fourth-order valence-corrected chi connectivity index (χ4v) is 1.58. The van der Waals surface area contributed by atoms with Crippen molar-refractivity contribution in [3.63, 3.8) is 0 Å². The lowest BCUT2D eigenvalue weighted by molar-refractivity contribution is -0.118. The van der Waals surface area contributed by atoms with Crippen molar-refractivity contribution in [2.45, 2.75) is 32.2 Å². The molecule has 0 saturated carbocycles. The minimum Gasteiger partial charge on any atom is -0.370 e. The van der Waals surface area contributed by atoms with Crippen molar-refractivity contribution in [3.05, 3.63) is 35.4 Å². The van der Waals surface area contributed by atoms with E-state index in [9.17, 15) is 4.79 Å². The zero-order chi connectivity index (χ0) is 11.3.